The van der Waals surface area contributed by atoms with Crippen molar-refractivity contribution in [2.75, 3.05) is 7.11 Å². The van der Waals surface area contributed by atoms with Crippen LogP contribution in [-0.2, 0) is 19.7 Å². The van der Waals surface area contributed by atoms with Gasteiger partial charge in [-0.15, -0.1) is 0 Å². The van der Waals surface area contributed by atoms with Gasteiger partial charge in [-0.3, -0.25) is 4.79 Å². The minimum Gasteiger partial charge on any atom is -0.467 e. The largest absolute Gasteiger partial charge is 0.467 e. The SMILES string of the molecule is COC(=O)[C@H](NC(=O)C(C)(c1ccccc1)c1ccccc1)[C@@H](C)CC#N. The first-order valence-corrected chi connectivity index (χ1v) is 8.82. The Hall–Kier alpha value is -3.13. The summed E-state index contributed by atoms with van der Waals surface area (Å²) in [5.41, 5.74) is 0.622. The van der Waals surface area contributed by atoms with Gasteiger partial charge < -0.3 is 10.1 Å². The van der Waals surface area contributed by atoms with Gasteiger partial charge in [0, 0.05) is 12.3 Å². The van der Waals surface area contributed by atoms with Crippen LogP contribution in [-0.4, -0.2) is 25.0 Å². The molecule has 1 amide bonds. The summed E-state index contributed by atoms with van der Waals surface area (Å²) < 4.78 is 4.84. The van der Waals surface area contributed by atoms with E-state index < -0.39 is 17.4 Å². The fourth-order valence-corrected chi connectivity index (χ4v) is 3.08. The summed E-state index contributed by atoms with van der Waals surface area (Å²) in [5.74, 6) is -1.25. The highest BCUT2D eigenvalue weighted by atomic mass is 16.5. The molecule has 2 aromatic carbocycles. The molecule has 0 fully saturated rings. The van der Waals surface area contributed by atoms with E-state index in [1.54, 1.807) is 6.92 Å². The van der Waals surface area contributed by atoms with Gasteiger partial charge in [0.2, 0.25) is 5.91 Å². The lowest BCUT2D eigenvalue weighted by Crippen LogP contribution is -2.52. The predicted molar refractivity (Wildman–Crippen MR) is 103 cm³/mol. The number of amides is 1. The van der Waals surface area contributed by atoms with Crippen molar-refractivity contribution in [3.05, 3.63) is 71.8 Å². The molecule has 0 aromatic heterocycles. The minimum atomic E-state index is -0.999. The van der Waals surface area contributed by atoms with Crippen LogP contribution >= 0.6 is 0 Å². The summed E-state index contributed by atoms with van der Waals surface area (Å²) in [5, 5.41) is 11.8. The maximum absolute atomic E-state index is 13.4. The van der Waals surface area contributed by atoms with Crippen molar-refractivity contribution < 1.29 is 14.3 Å². The molecule has 0 saturated heterocycles. The van der Waals surface area contributed by atoms with E-state index in [2.05, 4.69) is 5.32 Å². The summed E-state index contributed by atoms with van der Waals surface area (Å²) in [6.07, 6.45) is 0.132. The minimum absolute atomic E-state index is 0.132. The second-order valence-corrected chi connectivity index (χ2v) is 6.67. The first-order chi connectivity index (χ1) is 12.9. The van der Waals surface area contributed by atoms with Crippen LogP contribution in [0.5, 0.6) is 0 Å². The van der Waals surface area contributed by atoms with Crippen molar-refractivity contribution in [1.29, 1.82) is 5.26 Å². The molecule has 5 nitrogen and oxygen atoms in total. The van der Waals surface area contributed by atoms with Crippen molar-refractivity contribution in [1.82, 2.24) is 5.32 Å². The normalized spacial score (nSPS) is 13.1. The molecule has 2 aromatic rings. The third kappa shape index (κ3) is 4.35. The lowest BCUT2D eigenvalue weighted by molar-refractivity contribution is -0.147. The van der Waals surface area contributed by atoms with E-state index in [1.807, 2.05) is 73.7 Å². The number of methoxy groups -OCH3 is 1. The van der Waals surface area contributed by atoms with Crippen molar-refractivity contribution in [3.63, 3.8) is 0 Å². The number of hydrogen-bond donors (Lipinski definition) is 1. The quantitative estimate of drug-likeness (QED) is 0.765. The fourth-order valence-electron chi connectivity index (χ4n) is 3.08. The Morgan fingerprint density at radius 3 is 1.96 bits per heavy atom. The van der Waals surface area contributed by atoms with Crippen molar-refractivity contribution in [2.24, 2.45) is 5.92 Å². The summed E-state index contributed by atoms with van der Waals surface area (Å²) in [6, 6.07) is 20.0. The van der Waals surface area contributed by atoms with Crippen LogP contribution in [0.1, 0.15) is 31.4 Å². The molecular weight excluding hydrogens is 340 g/mol. The molecule has 0 radical (unpaired) electrons. The molecule has 0 bridgehead atoms. The summed E-state index contributed by atoms with van der Waals surface area (Å²) in [4.78, 5) is 25.6. The van der Waals surface area contributed by atoms with E-state index in [9.17, 15) is 9.59 Å². The second kappa shape index (κ2) is 9.00. The lowest BCUT2D eigenvalue weighted by atomic mass is 9.75. The smallest absolute Gasteiger partial charge is 0.328 e. The Labute approximate surface area is 160 Å². The standard InChI is InChI=1S/C22H24N2O3/c1-16(14-15-23)19(20(25)27-3)24-21(26)22(2,17-10-6-4-7-11-17)18-12-8-5-9-13-18/h4-13,16,19H,14H2,1-3H3,(H,24,26)/t16-,19+/m0/s1. The molecule has 0 spiro atoms. The zero-order valence-corrected chi connectivity index (χ0v) is 15.8. The third-order valence-corrected chi connectivity index (χ3v) is 4.88. The monoisotopic (exact) mass is 364 g/mol. The highest BCUT2D eigenvalue weighted by Crippen LogP contribution is 2.32. The van der Waals surface area contributed by atoms with Crippen LogP contribution in [0.3, 0.4) is 0 Å². The molecule has 0 heterocycles. The van der Waals surface area contributed by atoms with E-state index >= 15 is 0 Å². The van der Waals surface area contributed by atoms with Crippen LogP contribution in [0.4, 0.5) is 0 Å². The van der Waals surface area contributed by atoms with Gasteiger partial charge in [-0.1, -0.05) is 67.6 Å². The highest BCUT2D eigenvalue weighted by Gasteiger charge is 2.40. The van der Waals surface area contributed by atoms with Crippen LogP contribution in [0.2, 0.25) is 0 Å². The fraction of sp³-hybridized carbons (Fsp3) is 0.318. The zero-order valence-electron chi connectivity index (χ0n) is 15.8. The van der Waals surface area contributed by atoms with E-state index in [1.165, 1.54) is 7.11 Å². The van der Waals surface area contributed by atoms with Crippen molar-refractivity contribution in [2.45, 2.75) is 31.7 Å². The van der Waals surface area contributed by atoms with E-state index in [4.69, 9.17) is 10.00 Å². The maximum atomic E-state index is 13.4. The average molecular weight is 364 g/mol. The number of ether oxygens (including phenoxy) is 1. The summed E-state index contributed by atoms with van der Waals surface area (Å²) >= 11 is 0. The molecule has 0 aliphatic rings. The number of hydrogen-bond acceptors (Lipinski definition) is 4. The Kier molecular flexibility index (Phi) is 6.73. The number of nitriles is 1. The number of benzene rings is 2. The van der Waals surface area contributed by atoms with Gasteiger partial charge in [0.1, 0.15) is 6.04 Å². The van der Waals surface area contributed by atoms with Gasteiger partial charge in [0.15, 0.2) is 0 Å². The molecule has 140 valence electrons. The third-order valence-electron chi connectivity index (χ3n) is 4.88. The summed E-state index contributed by atoms with van der Waals surface area (Å²) in [6.45, 7) is 3.57. The Bertz CT molecular complexity index is 773. The molecule has 0 aliphatic heterocycles. The lowest BCUT2D eigenvalue weighted by Gasteiger charge is -2.32. The summed E-state index contributed by atoms with van der Waals surface area (Å²) in [7, 11) is 1.27. The molecule has 2 atom stereocenters. The number of carbonyl (C=O) groups excluding carboxylic acids is 2. The van der Waals surface area contributed by atoms with Crippen LogP contribution in [0.15, 0.2) is 60.7 Å². The molecule has 1 N–H and O–H groups in total. The average Bonchev–Trinajstić information content (AvgIpc) is 2.72. The molecule has 2 rings (SSSR count). The number of rotatable bonds is 7. The van der Waals surface area contributed by atoms with Crippen LogP contribution < -0.4 is 5.32 Å². The predicted octanol–water partition coefficient (Wildman–Crippen LogP) is 3.20. The van der Waals surface area contributed by atoms with Gasteiger partial charge in [-0.05, 0) is 18.1 Å². The van der Waals surface area contributed by atoms with Crippen molar-refractivity contribution in [3.8, 4) is 6.07 Å². The first-order valence-electron chi connectivity index (χ1n) is 8.82. The number of carbonyl (C=O) groups is 2. The number of esters is 1. The Morgan fingerprint density at radius 1 is 1.07 bits per heavy atom. The van der Waals surface area contributed by atoms with E-state index in [0.29, 0.717) is 0 Å². The highest BCUT2D eigenvalue weighted by molar-refractivity contribution is 5.94. The van der Waals surface area contributed by atoms with Crippen molar-refractivity contribution >= 4 is 11.9 Å². The zero-order chi connectivity index (χ0) is 19.9. The van der Waals surface area contributed by atoms with E-state index in [-0.39, 0.29) is 18.2 Å². The molecule has 5 heteroatoms. The van der Waals surface area contributed by atoms with Gasteiger partial charge >= 0.3 is 5.97 Å². The van der Waals surface area contributed by atoms with Gasteiger partial charge in [0.25, 0.3) is 0 Å². The molecule has 0 unspecified atom stereocenters. The van der Waals surface area contributed by atoms with Gasteiger partial charge in [-0.2, -0.15) is 5.26 Å². The van der Waals surface area contributed by atoms with E-state index in [0.717, 1.165) is 11.1 Å². The molecule has 0 aliphatic carbocycles. The molecular formula is C22H24N2O3. The Morgan fingerprint density at radius 2 is 1.56 bits per heavy atom. The van der Waals surface area contributed by atoms with Crippen LogP contribution in [0, 0.1) is 17.2 Å². The number of nitrogens with one attached hydrogen (secondary N) is 1. The topological polar surface area (TPSA) is 79.2 Å². The maximum Gasteiger partial charge on any atom is 0.328 e. The van der Waals surface area contributed by atoms with Gasteiger partial charge in [0.05, 0.1) is 18.6 Å². The van der Waals surface area contributed by atoms with Crippen LogP contribution in [0.25, 0.3) is 0 Å². The molecule has 0 saturated carbocycles. The first kappa shape index (κ1) is 20.2. The Balaban J connectivity index is 2.45. The number of nitrogens with zero attached hydrogens (tertiary/aromatic N) is 1. The van der Waals surface area contributed by atoms with Gasteiger partial charge in [-0.25, -0.2) is 4.79 Å². The second-order valence-electron chi connectivity index (χ2n) is 6.67. The molecule has 27 heavy (non-hydrogen) atoms.